The van der Waals surface area contributed by atoms with Crippen molar-refractivity contribution in [3.8, 4) is 67.1 Å². The molecule has 6 nitrogen and oxygen atoms in total. The third kappa shape index (κ3) is 16.4. The van der Waals surface area contributed by atoms with Crippen LogP contribution in [0.25, 0.3) is 32.0 Å². The van der Waals surface area contributed by atoms with E-state index in [2.05, 4.69) is 61.0 Å². The maximum Gasteiger partial charge on any atom is 0.141 e. The van der Waals surface area contributed by atoms with Gasteiger partial charge in [-0.3, -0.25) is 0 Å². The molecule has 346 valence electrons. The summed E-state index contributed by atoms with van der Waals surface area (Å²) in [4.78, 5) is 2.52. The van der Waals surface area contributed by atoms with Crippen molar-refractivity contribution in [2.75, 3.05) is 26.4 Å². The molecular formula is C58H68N2O4S2. The van der Waals surface area contributed by atoms with Gasteiger partial charge in [0.2, 0.25) is 0 Å². The average Bonchev–Trinajstić information content (AvgIpc) is 3.91. The van der Waals surface area contributed by atoms with Crippen LogP contribution < -0.4 is 18.9 Å². The van der Waals surface area contributed by atoms with Gasteiger partial charge in [0.1, 0.15) is 23.0 Å². The second kappa shape index (κ2) is 28.5. The molecule has 0 saturated heterocycles. The molecule has 0 aliphatic carbocycles. The summed E-state index contributed by atoms with van der Waals surface area (Å²) in [5.74, 6) is 3.90. The van der Waals surface area contributed by atoms with E-state index in [-0.39, 0.29) is 0 Å². The zero-order valence-electron chi connectivity index (χ0n) is 39.3. The molecule has 2 heterocycles. The first-order valence-corrected chi connectivity index (χ1v) is 26.2. The van der Waals surface area contributed by atoms with Gasteiger partial charge < -0.3 is 18.9 Å². The van der Waals surface area contributed by atoms with Crippen LogP contribution in [0.4, 0.5) is 0 Å². The number of nitrogens with zero attached hydrogens (tertiary/aromatic N) is 2. The summed E-state index contributed by atoms with van der Waals surface area (Å²) in [5, 5.41) is 22.4. The number of thiophene rings is 2. The highest BCUT2D eigenvalue weighted by Gasteiger charge is 2.19. The minimum atomic E-state index is 0.678. The summed E-state index contributed by atoms with van der Waals surface area (Å²) in [5.41, 5.74) is 8.28. The van der Waals surface area contributed by atoms with Crippen LogP contribution >= 0.6 is 22.7 Å². The van der Waals surface area contributed by atoms with Gasteiger partial charge in [0.15, 0.2) is 0 Å². The van der Waals surface area contributed by atoms with Crippen LogP contribution in [0.5, 0.6) is 23.0 Å². The average molecular weight is 921 g/mol. The van der Waals surface area contributed by atoms with Crippen LogP contribution in [-0.4, -0.2) is 26.4 Å². The Hall–Kier alpha value is -5.54. The van der Waals surface area contributed by atoms with Gasteiger partial charge in [0.25, 0.3) is 0 Å². The number of unbranched alkanes of at least 4 members (excludes halogenated alkanes) is 16. The number of hydrogen-bond donors (Lipinski definition) is 0. The van der Waals surface area contributed by atoms with Crippen LogP contribution in [0.3, 0.4) is 0 Å². The summed E-state index contributed by atoms with van der Waals surface area (Å²) in [6, 6.07) is 36.2. The predicted octanol–water partition coefficient (Wildman–Crippen LogP) is 17.1. The Kier molecular flexibility index (Phi) is 21.5. The third-order valence-electron chi connectivity index (χ3n) is 12.1. The fourth-order valence-corrected chi connectivity index (χ4v) is 10.3. The number of ether oxygens (including phenoxy) is 4. The fourth-order valence-electron chi connectivity index (χ4n) is 8.12. The molecule has 0 spiro atoms. The van der Waals surface area contributed by atoms with E-state index in [9.17, 15) is 0 Å². The van der Waals surface area contributed by atoms with Crippen molar-refractivity contribution in [3.63, 3.8) is 0 Å². The summed E-state index contributed by atoms with van der Waals surface area (Å²) < 4.78 is 24.7. The second-order valence-corrected chi connectivity index (χ2v) is 19.1. The first kappa shape index (κ1) is 49.9. The number of hydrogen-bond acceptors (Lipinski definition) is 8. The molecule has 0 fully saturated rings. The van der Waals surface area contributed by atoms with Crippen LogP contribution in [0, 0.1) is 36.5 Å². The molecule has 0 saturated carbocycles. The van der Waals surface area contributed by atoms with Crippen molar-refractivity contribution in [2.45, 2.75) is 129 Å². The van der Waals surface area contributed by atoms with Gasteiger partial charge in [-0.25, -0.2) is 0 Å². The van der Waals surface area contributed by atoms with Crippen molar-refractivity contribution in [3.05, 3.63) is 130 Å². The molecule has 0 unspecified atom stereocenters. The SMILES string of the molecule is Cc1csc(-c2scc(OCCCCCCCCCCCOc3ccc(-c4ccc(C#N)cc4)cc3)c2C)c1OCCCCCCCCCCCOc1ccc(-c2ccc(C#N)cc2)cc1. The first-order valence-electron chi connectivity index (χ1n) is 24.4. The minimum Gasteiger partial charge on any atom is -0.494 e. The minimum absolute atomic E-state index is 0.678. The Bertz CT molecular complexity index is 2370. The van der Waals surface area contributed by atoms with Gasteiger partial charge in [-0.15, -0.1) is 22.7 Å². The zero-order valence-corrected chi connectivity index (χ0v) is 40.9. The molecule has 66 heavy (non-hydrogen) atoms. The third-order valence-corrected chi connectivity index (χ3v) is 14.4. The van der Waals surface area contributed by atoms with Crippen LogP contribution in [0.15, 0.2) is 108 Å². The van der Waals surface area contributed by atoms with Gasteiger partial charge >= 0.3 is 0 Å². The number of aryl methyl sites for hydroxylation is 1. The van der Waals surface area contributed by atoms with E-state index in [0.717, 1.165) is 97.4 Å². The lowest BCUT2D eigenvalue weighted by Gasteiger charge is -2.10. The van der Waals surface area contributed by atoms with Crippen molar-refractivity contribution in [1.82, 2.24) is 0 Å². The number of benzene rings is 4. The predicted molar refractivity (Wildman–Crippen MR) is 275 cm³/mol. The largest absolute Gasteiger partial charge is 0.494 e. The molecule has 6 rings (SSSR count). The molecule has 6 aromatic rings. The molecule has 0 aliphatic heterocycles. The fraction of sp³-hybridized carbons (Fsp3) is 0.414. The van der Waals surface area contributed by atoms with Gasteiger partial charge in [-0.1, -0.05) is 138 Å². The Labute approximate surface area is 403 Å². The van der Waals surface area contributed by atoms with E-state index >= 15 is 0 Å². The zero-order chi connectivity index (χ0) is 46.0. The lowest BCUT2D eigenvalue weighted by molar-refractivity contribution is 0.302. The summed E-state index contributed by atoms with van der Waals surface area (Å²) in [6.45, 7) is 7.41. The van der Waals surface area contributed by atoms with Crippen molar-refractivity contribution < 1.29 is 18.9 Å². The van der Waals surface area contributed by atoms with E-state index in [4.69, 9.17) is 29.5 Å². The normalized spacial score (nSPS) is 11.0. The van der Waals surface area contributed by atoms with Gasteiger partial charge in [-0.05, 0) is 116 Å². The maximum absolute atomic E-state index is 9.01. The smallest absolute Gasteiger partial charge is 0.141 e. The van der Waals surface area contributed by atoms with E-state index in [1.807, 2.05) is 72.8 Å². The highest BCUT2D eigenvalue weighted by Crippen LogP contribution is 2.46. The molecule has 0 atom stereocenters. The number of nitriles is 2. The Morgan fingerprint density at radius 3 is 1.11 bits per heavy atom. The van der Waals surface area contributed by atoms with E-state index < -0.39 is 0 Å². The van der Waals surface area contributed by atoms with Gasteiger partial charge in [0, 0.05) is 16.5 Å². The molecule has 0 N–H and O–H groups in total. The molecule has 4 aromatic carbocycles. The van der Waals surface area contributed by atoms with Crippen molar-refractivity contribution >= 4 is 22.7 Å². The van der Waals surface area contributed by atoms with Gasteiger partial charge in [-0.2, -0.15) is 10.5 Å². The Morgan fingerprint density at radius 2 is 0.712 bits per heavy atom. The molecule has 2 aromatic heterocycles. The quantitative estimate of drug-likeness (QED) is 0.0404. The summed E-state index contributed by atoms with van der Waals surface area (Å²) in [6.07, 6.45) is 22.1. The van der Waals surface area contributed by atoms with Crippen LogP contribution in [-0.2, 0) is 0 Å². The van der Waals surface area contributed by atoms with Crippen LogP contribution in [0.1, 0.15) is 138 Å². The molecule has 0 bridgehead atoms. The lowest BCUT2D eigenvalue weighted by Crippen LogP contribution is -1.99. The second-order valence-electron chi connectivity index (χ2n) is 17.3. The molecule has 0 amide bonds. The van der Waals surface area contributed by atoms with E-state index in [1.165, 1.54) is 111 Å². The van der Waals surface area contributed by atoms with Crippen LogP contribution in [0.2, 0.25) is 0 Å². The van der Waals surface area contributed by atoms with E-state index in [0.29, 0.717) is 11.1 Å². The molecule has 0 radical (unpaired) electrons. The highest BCUT2D eigenvalue weighted by atomic mass is 32.1. The highest BCUT2D eigenvalue weighted by molar-refractivity contribution is 7.21. The van der Waals surface area contributed by atoms with Gasteiger partial charge in [0.05, 0.1) is 59.4 Å². The first-order chi connectivity index (χ1) is 32.5. The summed E-state index contributed by atoms with van der Waals surface area (Å²) >= 11 is 3.56. The summed E-state index contributed by atoms with van der Waals surface area (Å²) in [7, 11) is 0. The van der Waals surface area contributed by atoms with Crippen molar-refractivity contribution in [2.24, 2.45) is 0 Å². The molecular weight excluding hydrogens is 853 g/mol. The standard InChI is InChI=1S/C58H68N2O4S2/c1-45-43-65-58(56(45)64-40-20-16-12-8-4-6-10-14-18-38-62-54-35-31-52(32-36-54)50-27-23-48(42-60)24-28-50)57-46(2)55(44-66-57)63-39-19-15-11-7-3-5-9-13-17-37-61-53-33-29-51(30-34-53)49-25-21-47(41-59)22-26-49/h21-36,43-44H,3-20,37-40H2,1-2H3. The molecule has 0 aliphatic rings. The Balaban J connectivity index is 0.730. The molecule has 8 heteroatoms. The topological polar surface area (TPSA) is 84.5 Å². The number of rotatable bonds is 31. The lowest BCUT2D eigenvalue weighted by atomic mass is 10.0. The maximum atomic E-state index is 9.01. The Morgan fingerprint density at radius 1 is 0.379 bits per heavy atom. The van der Waals surface area contributed by atoms with Crippen molar-refractivity contribution in [1.29, 1.82) is 10.5 Å². The monoisotopic (exact) mass is 920 g/mol. The van der Waals surface area contributed by atoms with E-state index in [1.54, 1.807) is 22.7 Å².